The number of aromatic nitrogens is 2. The summed E-state index contributed by atoms with van der Waals surface area (Å²) in [5.74, 6) is 0. The molecule has 2 aromatic carbocycles. The van der Waals surface area contributed by atoms with Crippen LogP contribution in [0.5, 0.6) is 0 Å². The predicted molar refractivity (Wildman–Crippen MR) is 83.3 cm³/mol. The summed E-state index contributed by atoms with van der Waals surface area (Å²) < 4.78 is 38.6. The lowest BCUT2D eigenvalue weighted by Crippen LogP contribution is -2.09. The molecular formula is C16H11ClF3N3. The van der Waals surface area contributed by atoms with Crippen molar-refractivity contribution in [3.8, 4) is 0 Å². The first kappa shape index (κ1) is 15.6. The maximum atomic E-state index is 12.9. The number of fused-ring (bicyclic) bond motifs is 1. The quantitative estimate of drug-likeness (QED) is 0.737. The molecule has 7 heteroatoms. The maximum Gasteiger partial charge on any atom is 0.417 e. The van der Waals surface area contributed by atoms with Crippen molar-refractivity contribution >= 4 is 28.1 Å². The number of benzene rings is 2. The molecule has 0 saturated heterocycles. The van der Waals surface area contributed by atoms with Crippen LogP contribution >= 0.6 is 11.6 Å². The van der Waals surface area contributed by atoms with E-state index in [0.29, 0.717) is 5.56 Å². The minimum absolute atomic E-state index is 0.171. The summed E-state index contributed by atoms with van der Waals surface area (Å²) in [6.07, 6.45) is -1.24. The summed E-state index contributed by atoms with van der Waals surface area (Å²) >= 11 is 5.90. The Morgan fingerprint density at radius 1 is 1.00 bits per heavy atom. The monoisotopic (exact) mass is 337 g/mol. The topological polar surface area (TPSA) is 37.8 Å². The molecule has 1 heterocycles. The molecule has 0 spiro atoms. The largest absolute Gasteiger partial charge is 0.417 e. The second-order valence-corrected chi connectivity index (χ2v) is 5.31. The first-order valence-corrected chi connectivity index (χ1v) is 7.12. The van der Waals surface area contributed by atoms with Crippen molar-refractivity contribution in [1.82, 2.24) is 10.2 Å². The summed E-state index contributed by atoms with van der Waals surface area (Å²) in [6, 6.07) is 9.42. The van der Waals surface area contributed by atoms with Crippen molar-refractivity contribution in [2.75, 3.05) is 5.32 Å². The minimum Gasteiger partial charge on any atom is -0.380 e. The van der Waals surface area contributed by atoms with Crippen LogP contribution < -0.4 is 5.32 Å². The first-order valence-electron chi connectivity index (χ1n) is 6.74. The van der Waals surface area contributed by atoms with E-state index in [1.165, 1.54) is 6.07 Å². The fourth-order valence-electron chi connectivity index (χ4n) is 2.31. The van der Waals surface area contributed by atoms with Crippen molar-refractivity contribution in [2.24, 2.45) is 0 Å². The molecule has 0 bridgehead atoms. The zero-order valence-electron chi connectivity index (χ0n) is 11.7. The van der Waals surface area contributed by atoms with Crippen molar-refractivity contribution in [1.29, 1.82) is 0 Å². The summed E-state index contributed by atoms with van der Waals surface area (Å²) in [5.41, 5.74) is 0.300. The van der Waals surface area contributed by atoms with Gasteiger partial charge >= 0.3 is 6.18 Å². The molecule has 3 aromatic rings. The van der Waals surface area contributed by atoms with Crippen molar-refractivity contribution in [2.45, 2.75) is 12.7 Å². The Kier molecular flexibility index (Phi) is 4.09. The minimum atomic E-state index is -4.47. The highest BCUT2D eigenvalue weighted by molar-refractivity contribution is 6.32. The molecule has 0 radical (unpaired) electrons. The Bertz CT molecular complexity index is 844. The van der Waals surface area contributed by atoms with Crippen molar-refractivity contribution in [3.05, 3.63) is 64.9 Å². The lowest BCUT2D eigenvalue weighted by Gasteiger charge is -2.14. The first-order chi connectivity index (χ1) is 11.0. The number of nitrogens with zero attached hydrogens (tertiary/aromatic N) is 2. The fraction of sp³-hybridized carbons (Fsp3) is 0.125. The molecule has 0 unspecified atom stereocenters. The van der Waals surface area contributed by atoms with Crippen LogP contribution in [0.2, 0.25) is 5.02 Å². The number of halogens is 4. The van der Waals surface area contributed by atoms with Crippen LogP contribution in [0.1, 0.15) is 11.1 Å². The Labute approximate surface area is 135 Å². The van der Waals surface area contributed by atoms with E-state index in [2.05, 4.69) is 15.5 Å². The van der Waals surface area contributed by atoms with Crippen LogP contribution in [-0.4, -0.2) is 10.2 Å². The molecule has 0 saturated carbocycles. The number of alkyl halides is 3. The van der Waals surface area contributed by atoms with Crippen LogP contribution in [0.4, 0.5) is 18.9 Å². The van der Waals surface area contributed by atoms with E-state index >= 15 is 0 Å². The maximum absolute atomic E-state index is 12.9. The second kappa shape index (κ2) is 6.04. The van der Waals surface area contributed by atoms with Gasteiger partial charge in [0, 0.05) is 23.0 Å². The van der Waals surface area contributed by atoms with Crippen LogP contribution in [0.3, 0.4) is 0 Å². The molecule has 0 aliphatic rings. The van der Waals surface area contributed by atoms with E-state index in [9.17, 15) is 13.2 Å². The van der Waals surface area contributed by atoms with Gasteiger partial charge in [0.05, 0.1) is 23.0 Å². The van der Waals surface area contributed by atoms with Gasteiger partial charge < -0.3 is 5.32 Å². The molecule has 0 atom stereocenters. The third-order valence-corrected chi connectivity index (χ3v) is 3.89. The summed E-state index contributed by atoms with van der Waals surface area (Å²) in [7, 11) is 0. The fourth-order valence-corrected chi connectivity index (χ4v) is 2.61. The van der Waals surface area contributed by atoms with Gasteiger partial charge in [0.25, 0.3) is 0 Å². The lowest BCUT2D eigenvalue weighted by atomic mass is 10.1. The van der Waals surface area contributed by atoms with Crippen LogP contribution in [0.15, 0.2) is 48.8 Å². The standard InChI is InChI=1S/C16H11ClF3N3/c17-15-11(4-1-5-13(15)16(18,19)20)7-21-14-6-2-3-10-8-22-23-9-12(10)14/h1-6,8-9,21H,7H2. The molecule has 3 rings (SSSR count). The number of rotatable bonds is 3. The van der Waals surface area contributed by atoms with Gasteiger partial charge in [-0.3, -0.25) is 0 Å². The SMILES string of the molecule is FC(F)(F)c1cccc(CNc2cccc3cnncc23)c1Cl. The molecule has 0 amide bonds. The highest BCUT2D eigenvalue weighted by Crippen LogP contribution is 2.36. The van der Waals surface area contributed by atoms with Gasteiger partial charge in [-0.1, -0.05) is 35.9 Å². The highest BCUT2D eigenvalue weighted by Gasteiger charge is 2.33. The van der Waals surface area contributed by atoms with Gasteiger partial charge in [0.2, 0.25) is 0 Å². The van der Waals surface area contributed by atoms with Crippen molar-refractivity contribution in [3.63, 3.8) is 0 Å². The molecule has 0 aliphatic carbocycles. The average Bonchev–Trinajstić information content (AvgIpc) is 2.53. The van der Waals surface area contributed by atoms with Crippen LogP contribution in [0.25, 0.3) is 10.8 Å². The van der Waals surface area contributed by atoms with E-state index in [0.717, 1.165) is 22.5 Å². The zero-order valence-corrected chi connectivity index (χ0v) is 12.5. The summed E-state index contributed by atoms with van der Waals surface area (Å²) in [5, 5.41) is 12.2. The number of nitrogens with one attached hydrogen (secondary N) is 1. The normalized spacial score (nSPS) is 11.7. The second-order valence-electron chi connectivity index (χ2n) is 4.93. The van der Waals surface area contributed by atoms with E-state index < -0.39 is 11.7 Å². The molecule has 0 fully saturated rings. The number of hydrogen-bond acceptors (Lipinski definition) is 3. The van der Waals surface area contributed by atoms with Crippen LogP contribution in [-0.2, 0) is 12.7 Å². The Balaban J connectivity index is 1.89. The third kappa shape index (κ3) is 3.22. The summed E-state index contributed by atoms with van der Waals surface area (Å²) in [6.45, 7) is 0.171. The molecule has 118 valence electrons. The Morgan fingerprint density at radius 3 is 2.52 bits per heavy atom. The van der Waals surface area contributed by atoms with Crippen LogP contribution in [0, 0.1) is 0 Å². The lowest BCUT2D eigenvalue weighted by molar-refractivity contribution is -0.137. The van der Waals surface area contributed by atoms with E-state index in [-0.39, 0.29) is 11.6 Å². The van der Waals surface area contributed by atoms with E-state index in [1.807, 2.05) is 18.2 Å². The van der Waals surface area contributed by atoms with Crippen molar-refractivity contribution < 1.29 is 13.2 Å². The molecule has 23 heavy (non-hydrogen) atoms. The average molecular weight is 338 g/mol. The molecular weight excluding hydrogens is 327 g/mol. The molecule has 1 aromatic heterocycles. The smallest absolute Gasteiger partial charge is 0.380 e. The highest BCUT2D eigenvalue weighted by atomic mass is 35.5. The van der Waals surface area contributed by atoms with Gasteiger partial charge in [-0.2, -0.15) is 23.4 Å². The number of anilines is 1. The predicted octanol–water partition coefficient (Wildman–Crippen LogP) is 4.91. The summed E-state index contributed by atoms with van der Waals surface area (Å²) in [4.78, 5) is 0. The molecule has 1 N–H and O–H groups in total. The third-order valence-electron chi connectivity index (χ3n) is 3.44. The number of hydrogen-bond donors (Lipinski definition) is 1. The van der Waals surface area contributed by atoms with Gasteiger partial charge in [-0.25, -0.2) is 0 Å². The van der Waals surface area contributed by atoms with Gasteiger partial charge in [-0.05, 0) is 17.7 Å². The van der Waals surface area contributed by atoms with Gasteiger partial charge in [0.1, 0.15) is 0 Å². The Morgan fingerprint density at radius 2 is 1.74 bits per heavy atom. The van der Waals surface area contributed by atoms with E-state index in [1.54, 1.807) is 18.5 Å². The van der Waals surface area contributed by atoms with Gasteiger partial charge in [-0.15, -0.1) is 0 Å². The Hall–Kier alpha value is -2.34. The molecule has 3 nitrogen and oxygen atoms in total. The van der Waals surface area contributed by atoms with Gasteiger partial charge in [0.15, 0.2) is 0 Å². The zero-order chi connectivity index (χ0) is 16.4. The van der Waals surface area contributed by atoms with E-state index in [4.69, 9.17) is 11.6 Å². The molecule has 0 aliphatic heterocycles.